The lowest BCUT2D eigenvalue weighted by Gasteiger charge is -2.20. The van der Waals surface area contributed by atoms with Gasteiger partial charge in [-0.1, -0.05) is 78.3 Å². The summed E-state index contributed by atoms with van der Waals surface area (Å²) in [7, 11) is 0. The minimum Gasteiger partial charge on any atom is -0.135 e. The summed E-state index contributed by atoms with van der Waals surface area (Å²) in [6, 6.07) is 30.8. The van der Waals surface area contributed by atoms with Crippen LogP contribution in [0.15, 0.2) is 96.0 Å². The van der Waals surface area contributed by atoms with Crippen molar-refractivity contribution in [2.24, 2.45) is 0 Å². The van der Waals surface area contributed by atoms with Gasteiger partial charge in [-0.25, -0.2) is 0 Å². The van der Waals surface area contributed by atoms with Crippen LogP contribution in [0.25, 0.3) is 42.8 Å². The molecule has 0 fully saturated rings. The summed E-state index contributed by atoms with van der Waals surface area (Å²) in [5.74, 6) is 0. The molecule has 0 N–H and O–H groups in total. The van der Waals surface area contributed by atoms with E-state index in [9.17, 15) is 0 Å². The van der Waals surface area contributed by atoms with Crippen molar-refractivity contribution in [2.45, 2.75) is 12.8 Å². The standard InChI is InChI=1S/C28H19ClS/c29-20-13-14-24(26(17-20)28-16-19-8-2-6-12-27(19)30-28)25-15-18-7-1-3-9-21(18)22-10-4-5-11-23(22)25/h1-12,15-17H,13-14H2. The smallest absolute Gasteiger partial charge is 0.0358 e. The van der Waals surface area contributed by atoms with Crippen LogP contribution in [0.3, 0.4) is 0 Å². The molecule has 0 unspecified atom stereocenters. The van der Waals surface area contributed by atoms with Gasteiger partial charge in [0.1, 0.15) is 0 Å². The third-order valence-corrected chi connectivity index (χ3v) is 7.47. The molecule has 144 valence electrons. The number of thiophene rings is 1. The van der Waals surface area contributed by atoms with Gasteiger partial charge in [-0.05, 0) is 80.8 Å². The van der Waals surface area contributed by atoms with Gasteiger partial charge >= 0.3 is 0 Å². The number of rotatable bonds is 2. The Bertz CT molecular complexity index is 1470. The predicted molar refractivity (Wildman–Crippen MR) is 133 cm³/mol. The van der Waals surface area contributed by atoms with Crippen molar-refractivity contribution >= 4 is 65.7 Å². The highest BCUT2D eigenvalue weighted by atomic mass is 35.5. The molecule has 30 heavy (non-hydrogen) atoms. The first-order chi connectivity index (χ1) is 14.8. The van der Waals surface area contributed by atoms with Crippen molar-refractivity contribution in [3.63, 3.8) is 0 Å². The molecule has 1 aliphatic carbocycles. The highest BCUT2D eigenvalue weighted by Gasteiger charge is 2.20. The molecule has 2 heteroatoms. The third-order valence-electron chi connectivity index (χ3n) is 6.02. The number of fused-ring (bicyclic) bond motifs is 4. The van der Waals surface area contributed by atoms with E-state index in [1.54, 1.807) is 0 Å². The summed E-state index contributed by atoms with van der Waals surface area (Å²) in [4.78, 5) is 1.29. The Kier molecular flexibility index (Phi) is 4.26. The summed E-state index contributed by atoms with van der Waals surface area (Å²) < 4.78 is 1.32. The third kappa shape index (κ3) is 2.89. The summed E-state index contributed by atoms with van der Waals surface area (Å²) in [6.45, 7) is 0. The predicted octanol–water partition coefficient (Wildman–Crippen LogP) is 9.03. The van der Waals surface area contributed by atoms with Gasteiger partial charge in [0, 0.05) is 14.6 Å². The molecule has 0 radical (unpaired) electrons. The zero-order chi connectivity index (χ0) is 20.1. The number of benzene rings is 4. The van der Waals surface area contributed by atoms with Crippen molar-refractivity contribution in [3.05, 3.63) is 106 Å². The van der Waals surface area contributed by atoms with E-state index in [1.165, 1.54) is 53.2 Å². The summed E-state index contributed by atoms with van der Waals surface area (Å²) in [6.07, 6.45) is 4.04. The first-order valence-corrected chi connectivity index (χ1v) is 11.5. The molecule has 0 saturated heterocycles. The Balaban J connectivity index is 1.69. The molecule has 1 aromatic heterocycles. The van der Waals surface area contributed by atoms with Crippen molar-refractivity contribution < 1.29 is 0 Å². The quantitative estimate of drug-likeness (QED) is 0.249. The Morgan fingerprint density at radius 1 is 0.667 bits per heavy atom. The van der Waals surface area contributed by atoms with Crippen LogP contribution >= 0.6 is 22.9 Å². The first kappa shape index (κ1) is 17.9. The number of hydrogen-bond acceptors (Lipinski definition) is 1. The Hall–Kier alpha value is -2.87. The minimum absolute atomic E-state index is 0.895. The van der Waals surface area contributed by atoms with Crippen LogP contribution in [-0.4, -0.2) is 0 Å². The van der Waals surface area contributed by atoms with E-state index in [2.05, 4.69) is 91.0 Å². The zero-order valence-electron chi connectivity index (χ0n) is 16.4. The highest BCUT2D eigenvalue weighted by Crippen LogP contribution is 2.44. The van der Waals surface area contributed by atoms with Crippen molar-refractivity contribution in [2.75, 3.05) is 0 Å². The minimum atomic E-state index is 0.895. The topological polar surface area (TPSA) is 0 Å². The molecule has 0 saturated carbocycles. The fourth-order valence-electron chi connectivity index (χ4n) is 4.61. The zero-order valence-corrected chi connectivity index (χ0v) is 17.9. The van der Waals surface area contributed by atoms with Gasteiger partial charge in [0.05, 0.1) is 0 Å². The second-order valence-electron chi connectivity index (χ2n) is 7.82. The van der Waals surface area contributed by atoms with E-state index in [1.807, 2.05) is 11.3 Å². The molecule has 0 bridgehead atoms. The van der Waals surface area contributed by atoms with Crippen LogP contribution in [0.2, 0.25) is 0 Å². The molecule has 0 atom stereocenters. The fraction of sp³-hybridized carbons (Fsp3) is 0.0714. The number of hydrogen-bond donors (Lipinski definition) is 0. The average molecular weight is 423 g/mol. The highest BCUT2D eigenvalue weighted by molar-refractivity contribution is 7.20. The van der Waals surface area contributed by atoms with Crippen LogP contribution in [0.5, 0.6) is 0 Å². The number of allylic oxidation sites excluding steroid dienone is 4. The monoisotopic (exact) mass is 422 g/mol. The van der Waals surface area contributed by atoms with Gasteiger partial charge in [-0.3, -0.25) is 0 Å². The SMILES string of the molecule is ClC1=CC(c2cc3ccccc3s2)=C(c2cc3ccccc3c3ccccc23)CC1. The van der Waals surface area contributed by atoms with Gasteiger partial charge in [-0.15, -0.1) is 11.3 Å². The second-order valence-corrected chi connectivity index (χ2v) is 9.39. The Labute approximate surface area is 184 Å². The van der Waals surface area contributed by atoms with Gasteiger partial charge in [-0.2, -0.15) is 0 Å². The molecule has 0 spiro atoms. The molecular formula is C28H19ClS. The summed E-state index contributed by atoms with van der Waals surface area (Å²) in [5.41, 5.74) is 4.00. The van der Waals surface area contributed by atoms with Gasteiger partial charge in [0.15, 0.2) is 0 Å². The van der Waals surface area contributed by atoms with E-state index in [0.29, 0.717) is 0 Å². The van der Waals surface area contributed by atoms with E-state index >= 15 is 0 Å². The first-order valence-electron chi connectivity index (χ1n) is 10.3. The fourth-order valence-corrected chi connectivity index (χ4v) is 5.92. The lowest BCUT2D eigenvalue weighted by Crippen LogP contribution is -1.97. The van der Waals surface area contributed by atoms with E-state index < -0.39 is 0 Å². The van der Waals surface area contributed by atoms with Crippen LogP contribution in [0, 0.1) is 0 Å². The molecule has 1 aliphatic rings. The molecule has 0 aliphatic heterocycles. The average Bonchev–Trinajstić information content (AvgIpc) is 3.23. The van der Waals surface area contributed by atoms with E-state index in [4.69, 9.17) is 11.6 Å². The van der Waals surface area contributed by atoms with Crippen LogP contribution < -0.4 is 0 Å². The number of halogens is 1. The lowest BCUT2D eigenvalue weighted by atomic mass is 9.86. The van der Waals surface area contributed by atoms with Gasteiger partial charge < -0.3 is 0 Å². The Morgan fingerprint density at radius 3 is 2.20 bits per heavy atom. The molecule has 1 heterocycles. The van der Waals surface area contributed by atoms with Crippen LogP contribution in [-0.2, 0) is 0 Å². The molecule has 0 nitrogen and oxygen atoms in total. The molecule has 0 amide bonds. The Morgan fingerprint density at radius 2 is 1.37 bits per heavy atom. The maximum atomic E-state index is 6.56. The van der Waals surface area contributed by atoms with E-state index in [-0.39, 0.29) is 0 Å². The maximum Gasteiger partial charge on any atom is 0.0358 e. The van der Waals surface area contributed by atoms with Crippen molar-refractivity contribution in [3.8, 4) is 0 Å². The maximum absolute atomic E-state index is 6.56. The van der Waals surface area contributed by atoms with Gasteiger partial charge in [0.2, 0.25) is 0 Å². The molecular weight excluding hydrogens is 404 g/mol. The summed E-state index contributed by atoms with van der Waals surface area (Å²) >= 11 is 8.41. The van der Waals surface area contributed by atoms with Crippen molar-refractivity contribution in [1.82, 2.24) is 0 Å². The van der Waals surface area contributed by atoms with Crippen molar-refractivity contribution in [1.29, 1.82) is 0 Å². The largest absolute Gasteiger partial charge is 0.135 e. The normalized spacial score (nSPS) is 14.6. The van der Waals surface area contributed by atoms with Crippen LogP contribution in [0.4, 0.5) is 0 Å². The molecule has 5 aromatic rings. The van der Waals surface area contributed by atoms with Gasteiger partial charge in [0.25, 0.3) is 0 Å². The molecule has 4 aromatic carbocycles. The summed E-state index contributed by atoms with van der Waals surface area (Å²) in [5, 5.41) is 7.46. The lowest BCUT2D eigenvalue weighted by molar-refractivity contribution is 1.04. The van der Waals surface area contributed by atoms with Crippen LogP contribution in [0.1, 0.15) is 23.3 Å². The second kappa shape index (κ2) is 7.12. The van der Waals surface area contributed by atoms with E-state index in [0.717, 1.165) is 17.9 Å². The molecule has 6 rings (SSSR count).